The number of carboxylic acid groups (broad SMARTS) is 1. The Balaban J connectivity index is 3.51. The number of hydrogen-bond acceptors (Lipinski definition) is 3. The SMILES string of the molecule is CC(C)c1ccc(C(=O)O)cc1S(C)(=O)=O. The Hall–Kier alpha value is -1.36. The summed E-state index contributed by atoms with van der Waals surface area (Å²) in [5.41, 5.74) is 0.636. The third-order valence-electron chi connectivity index (χ3n) is 2.28. The Morgan fingerprint density at radius 2 is 1.88 bits per heavy atom. The predicted octanol–water partition coefficient (Wildman–Crippen LogP) is 1.91. The van der Waals surface area contributed by atoms with Gasteiger partial charge in [-0.2, -0.15) is 0 Å². The van der Waals surface area contributed by atoms with Crippen LogP contribution in [0, 0.1) is 0 Å². The number of aromatic carboxylic acids is 1. The maximum atomic E-state index is 11.5. The van der Waals surface area contributed by atoms with E-state index < -0.39 is 15.8 Å². The molecule has 0 radical (unpaired) electrons. The van der Waals surface area contributed by atoms with Crippen molar-refractivity contribution < 1.29 is 18.3 Å². The smallest absolute Gasteiger partial charge is 0.335 e. The third-order valence-corrected chi connectivity index (χ3v) is 3.43. The van der Waals surface area contributed by atoms with Crippen LogP contribution in [0.2, 0.25) is 0 Å². The quantitative estimate of drug-likeness (QED) is 0.878. The molecule has 16 heavy (non-hydrogen) atoms. The van der Waals surface area contributed by atoms with Gasteiger partial charge in [0.1, 0.15) is 0 Å². The van der Waals surface area contributed by atoms with Gasteiger partial charge in [0, 0.05) is 6.26 Å². The summed E-state index contributed by atoms with van der Waals surface area (Å²) in [5.74, 6) is -1.09. The van der Waals surface area contributed by atoms with Crippen molar-refractivity contribution >= 4 is 15.8 Å². The second-order valence-corrected chi connectivity index (χ2v) is 5.97. The van der Waals surface area contributed by atoms with E-state index in [1.165, 1.54) is 12.1 Å². The topological polar surface area (TPSA) is 71.4 Å². The summed E-state index contributed by atoms with van der Waals surface area (Å²) in [6, 6.07) is 4.20. The maximum Gasteiger partial charge on any atom is 0.335 e. The van der Waals surface area contributed by atoms with E-state index in [0.29, 0.717) is 5.56 Å². The van der Waals surface area contributed by atoms with Gasteiger partial charge in [0.2, 0.25) is 0 Å². The van der Waals surface area contributed by atoms with Crippen molar-refractivity contribution in [2.45, 2.75) is 24.7 Å². The van der Waals surface area contributed by atoms with Crippen molar-refractivity contribution in [2.75, 3.05) is 6.26 Å². The summed E-state index contributed by atoms with van der Waals surface area (Å²) in [4.78, 5) is 10.9. The molecule has 1 N–H and O–H groups in total. The largest absolute Gasteiger partial charge is 0.478 e. The van der Waals surface area contributed by atoms with Gasteiger partial charge in [0.25, 0.3) is 0 Å². The van der Waals surface area contributed by atoms with Crippen LogP contribution in [0.1, 0.15) is 35.7 Å². The Morgan fingerprint density at radius 1 is 1.31 bits per heavy atom. The fourth-order valence-electron chi connectivity index (χ4n) is 1.47. The number of carboxylic acids is 1. The van der Waals surface area contributed by atoms with Gasteiger partial charge in [0.05, 0.1) is 10.5 Å². The second kappa shape index (κ2) is 4.25. The Morgan fingerprint density at radius 3 is 2.25 bits per heavy atom. The highest BCUT2D eigenvalue weighted by molar-refractivity contribution is 7.90. The minimum atomic E-state index is -3.40. The first kappa shape index (κ1) is 12.7. The minimum Gasteiger partial charge on any atom is -0.478 e. The first-order chi connectivity index (χ1) is 7.23. The van der Waals surface area contributed by atoms with Gasteiger partial charge < -0.3 is 5.11 Å². The monoisotopic (exact) mass is 242 g/mol. The zero-order valence-electron chi connectivity index (χ0n) is 9.39. The minimum absolute atomic E-state index is 0.00942. The van der Waals surface area contributed by atoms with E-state index in [1.807, 2.05) is 13.8 Å². The normalized spacial score (nSPS) is 11.8. The van der Waals surface area contributed by atoms with E-state index in [4.69, 9.17) is 5.11 Å². The standard InChI is InChI=1S/C11H14O4S/c1-7(2)9-5-4-8(11(12)13)6-10(9)16(3,14)15/h4-7H,1-3H3,(H,12,13). The Labute approximate surface area is 94.8 Å². The molecule has 1 rings (SSSR count). The average Bonchev–Trinajstić information content (AvgIpc) is 2.15. The van der Waals surface area contributed by atoms with Crippen LogP contribution in [0.5, 0.6) is 0 Å². The lowest BCUT2D eigenvalue weighted by Crippen LogP contribution is -2.07. The highest BCUT2D eigenvalue weighted by Gasteiger charge is 2.17. The molecule has 0 atom stereocenters. The molecule has 0 unspecified atom stereocenters. The van der Waals surface area contributed by atoms with Crippen LogP contribution >= 0.6 is 0 Å². The van der Waals surface area contributed by atoms with Gasteiger partial charge in [-0.25, -0.2) is 13.2 Å². The lowest BCUT2D eigenvalue weighted by Gasteiger charge is -2.11. The van der Waals surface area contributed by atoms with Crippen molar-refractivity contribution in [1.82, 2.24) is 0 Å². The lowest BCUT2D eigenvalue weighted by atomic mass is 10.0. The molecule has 1 aromatic carbocycles. The summed E-state index contributed by atoms with van der Waals surface area (Å²) in [6.45, 7) is 3.73. The lowest BCUT2D eigenvalue weighted by molar-refractivity contribution is 0.0696. The number of hydrogen-bond donors (Lipinski definition) is 1. The van der Waals surface area contributed by atoms with Gasteiger partial charge in [-0.05, 0) is 23.6 Å². The molecule has 1 aromatic rings. The van der Waals surface area contributed by atoms with Crippen molar-refractivity contribution in [1.29, 1.82) is 0 Å². The van der Waals surface area contributed by atoms with Crippen LogP contribution in [-0.2, 0) is 9.84 Å². The molecule has 0 saturated carbocycles. The highest BCUT2D eigenvalue weighted by atomic mass is 32.2. The number of rotatable bonds is 3. The van der Waals surface area contributed by atoms with E-state index in [1.54, 1.807) is 6.07 Å². The average molecular weight is 242 g/mol. The summed E-state index contributed by atoms with van der Waals surface area (Å²) in [5, 5.41) is 8.81. The molecule has 0 amide bonds. The maximum absolute atomic E-state index is 11.5. The van der Waals surface area contributed by atoms with E-state index >= 15 is 0 Å². The van der Waals surface area contributed by atoms with Crippen LogP contribution < -0.4 is 0 Å². The summed E-state index contributed by atoms with van der Waals surface area (Å²) in [6.07, 6.45) is 1.08. The van der Waals surface area contributed by atoms with Crippen molar-refractivity contribution in [3.63, 3.8) is 0 Å². The first-order valence-corrected chi connectivity index (χ1v) is 6.70. The molecule has 0 aromatic heterocycles. The van der Waals surface area contributed by atoms with Crippen LogP contribution in [-0.4, -0.2) is 25.7 Å². The highest BCUT2D eigenvalue weighted by Crippen LogP contribution is 2.24. The third kappa shape index (κ3) is 2.61. The van der Waals surface area contributed by atoms with Crippen molar-refractivity contribution in [3.05, 3.63) is 29.3 Å². The molecule has 0 aliphatic heterocycles. The molecular weight excluding hydrogens is 228 g/mol. The van der Waals surface area contributed by atoms with E-state index in [-0.39, 0.29) is 16.4 Å². The number of carbonyl (C=O) groups is 1. The van der Waals surface area contributed by atoms with Crippen LogP contribution in [0.4, 0.5) is 0 Å². The van der Waals surface area contributed by atoms with Crippen LogP contribution in [0.3, 0.4) is 0 Å². The molecule has 0 aliphatic carbocycles. The Kier molecular flexibility index (Phi) is 3.38. The number of sulfone groups is 1. The van der Waals surface area contributed by atoms with Gasteiger partial charge in [-0.15, -0.1) is 0 Å². The fourth-order valence-corrected chi connectivity index (χ4v) is 2.54. The number of benzene rings is 1. The fraction of sp³-hybridized carbons (Fsp3) is 0.364. The molecule has 0 bridgehead atoms. The van der Waals surface area contributed by atoms with Crippen LogP contribution in [0.15, 0.2) is 23.1 Å². The van der Waals surface area contributed by atoms with E-state index in [9.17, 15) is 13.2 Å². The van der Waals surface area contributed by atoms with Crippen LogP contribution in [0.25, 0.3) is 0 Å². The first-order valence-electron chi connectivity index (χ1n) is 4.80. The molecule has 4 nitrogen and oxygen atoms in total. The summed E-state index contributed by atoms with van der Waals surface area (Å²) >= 11 is 0. The van der Waals surface area contributed by atoms with Crippen molar-refractivity contribution in [2.24, 2.45) is 0 Å². The Bertz CT molecular complexity index is 515. The molecule has 88 valence electrons. The second-order valence-electron chi connectivity index (χ2n) is 3.98. The zero-order chi connectivity index (χ0) is 12.5. The molecule has 5 heteroatoms. The van der Waals surface area contributed by atoms with Gasteiger partial charge in [-0.3, -0.25) is 0 Å². The van der Waals surface area contributed by atoms with Gasteiger partial charge in [-0.1, -0.05) is 19.9 Å². The molecule has 0 fully saturated rings. The van der Waals surface area contributed by atoms with E-state index in [2.05, 4.69) is 0 Å². The van der Waals surface area contributed by atoms with Gasteiger partial charge in [0.15, 0.2) is 9.84 Å². The predicted molar refractivity (Wildman–Crippen MR) is 60.6 cm³/mol. The molecule has 0 saturated heterocycles. The summed E-state index contributed by atoms with van der Waals surface area (Å²) in [7, 11) is -3.40. The molecule has 0 heterocycles. The van der Waals surface area contributed by atoms with Gasteiger partial charge >= 0.3 is 5.97 Å². The van der Waals surface area contributed by atoms with E-state index in [0.717, 1.165) is 6.26 Å². The summed E-state index contributed by atoms with van der Waals surface area (Å²) < 4.78 is 23.1. The molecular formula is C11H14O4S. The molecule has 0 spiro atoms. The molecule has 0 aliphatic rings. The zero-order valence-corrected chi connectivity index (χ0v) is 10.2. The van der Waals surface area contributed by atoms with Crippen molar-refractivity contribution in [3.8, 4) is 0 Å².